The van der Waals surface area contributed by atoms with Crippen LogP contribution < -0.4 is 0 Å². The van der Waals surface area contributed by atoms with Gasteiger partial charge in [0.25, 0.3) is 10.1 Å². The Morgan fingerprint density at radius 3 is 1.55 bits per heavy atom. The average Bonchev–Trinajstić information content (AvgIpc) is 2.68. The van der Waals surface area contributed by atoms with Gasteiger partial charge in [-0.05, 0) is 12.8 Å². The molecule has 1 heterocycles. The Hall–Kier alpha value is -0.170. The lowest BCUT2D eigenvalue weighted by Crippen LogP contribution is -2.56. The van der Waals surface area contributed by atoms with E-state index < -0.39 is 10.1 Å². The van der Waals surface area contributed by atoms with E-state index in [9.17, 15) is 8.42 Å². The highest BCUT2D eigenvalue weighted by Crippen LogP contribution is 2.17. The van der Waals surface area contributed by atoms with Crippen LogP contribution in [0.4, 0.5) is 0 Å². The average molecular weight is 435 g/mol. The Morgan fingerprint density at radius 1 is 0.690 bits per heavy atom. The molecule has 0 saturated carbocycles. The minimum Gasteiger partial charge on any atom is -0.370 e. The van der Waals surface area contributed by atoms with Gasteiger partial charge in [0.1, 0.15) is 13.1 Å². The highest BCUT2D eigenvalue weighted by molar-refractivity contribution is 7.85. The molecule has 1 rings (SSSR count). The quantitative estimate of drug-likeness (QED) is 0.163. The van der Waals surface area contributed by atoms with E-state index >= 15 is 0 Å². The van der Waals surface area contributed by atoms with E-state index in [0.29, 0.717) is 6.42 Å². The molecule has 0 amide bonds. The van der Waals surface area contributed by atoms with E-state index in [4.69, 9.17) is 9.29 Å². The zero-order valence-corrected chi connectivity index (χ0v) is 19.9. The molecular formula is C23H48NO4S+. The highest BCUT2D eigenvalue weighted by Gasteiger charge is 2.29. The van der Waals surface area contributed by atoms with Crippen LogP contribution in [0.25, 0.3) is 0 Å². The fourth-order valence-corrected chi connectivity index (χ4v) is 5.01. The van der Waals surface area contributed by atoms with Crippen molar-refractivity contribution in [1.82, 2.24) is 0 Å². The number of hydrogen-bond acceptors (Lipinski definition) is 3. The summed E-state index contributed by atoms with van der Waals surface area (Å²) >= 11 is 0. The Labute approximate surface area is 180 Å². The van der Waals surface area contributed by atoms with Crippen molar-refractivity contribution in [1.29, 1.82) is 0 Å². The molecule has 29 heavy (non-hydrogen) atoms. The third kappa shape index (κ3) is 15.3. The molecule has 1 aliphatic rings. The van der Waals surface area contributed by atoms with E-state index in [0.717, 1.165) is 43.9 Å². The molecule has 0 aromatic heterocycles. The molecule has 0 aromatic carbocycles. The zero-order chi connectivity index (χ0) is 21.3. The monoisotopic (exact) mass is 434 g/mol. The lowest BCUT2D eigenvalue weighted by Gasteiger charge is -2.41. The first-order valence-corrected chi connectivity index (χ1v) is 14.0. The van der Waals surface area contributed by atoms with Crippen LogP contribution in [0.1, 0.15) is 103 Å². The fourth-order valence-electron chi connectivity index (χ4n) is 4.51. The van der Waals surface area contributed by atoms with Crippen LogP contribution >= 0.6 is 0 Å². The maximum absolute atomic E-state index is 11.0. The normalized spacial score (nSPS) is 16.9. The minimum absolute atomic E-state index is 0.118. The zero-order valence-electron chi connectivity index (χ0n) is 19.1. The van der Waals surface area contributed by atoms with Crippen LogP contribution in [0.5, 0.6) is 0 Å². The standard InChI is InChI=1S/C23H47NO4S/c1-2-3-4-5-6-7-8-9-10-11-12-13-14-15-17-24(19-21-28-22-20-24)18-16-23-29(25,26)27/h2-23H2,1H3/p+1. The predicted octanol–water partition coefficient (Wildman–Crippen LogP) is 5.59. The van der Waals surface area contributed by atoms with E-state index in [-0.39, 0.29) is 5.75 Å². The molecule has 0 radical (unpaired) electrons. The summed E-state index contributed by atoms with van der Waals surface area (Å²) in [5.41, 5.74) is 0. The number of morpholine rings is 1. The Kier molecular flexibility index (Phi) is 15.3. The van der Waals surface area contributed by atoms with Crippen molar-refractivity contribution in [2.75, 3.05) is 45.1 Å². The molecule has 0 unspecified atom stereocenters. The first-order valence-electron chi connectivity index (χ1n) is 12.4. The minimum atomic E-state index is -3.84. The van der Waals surface area contributed by atoms with Crippen molar-refractivity contribution < 1.29 is 22.2 Å². The summed E-state index contributed by atoms with van der Waals surface area (Å²) < 4.78 is 37.5. The van der Waals surface area contributed by atoms with Crippen LogP contribution in [-0.4, -0.2) is 62.6 Å². The van der Waals surface area contributed by atoms with Crippen molar-refractivity contribution in [3.8, 4) is 0 Å². The molecule has 0 bridgehead atoms. The van der Waals surface area contributed by atoms with Gasteiger partial charge < -0.3 is 9.22 Å². The van der Waals surface area contributed by atoms with E-state index in [1.54, 1.807) is 0 Å². The van der Waals surface area contributed by atoms with Gasteiger partial charge in [-0.25, -0.2) is 0 Å². The molecule has 1 saturated heterocycles. The molecule has 6 heteroatoms. The summed E-state index contributed by atoms with van der Waals surface area (Å²) in [6, 6.07) is 0. The molecule has 1 fully saturated rings. The Bertz CT molecular complexity index is 475. The molecule has 1 N–H and O–H groups in total. The highest BCUT2D eigenvalue weighted by atomic mass is 32.2. The Balaban J connectivity index is 2.00. The van der Waals surface area contributed by atoms with Crippen molar-refractivity contribution >= 4 is 10.1 Å². The summed E-state index contributed by atoms with van der Waals surface area (Å²) in [6.45, 7) is 7.72. The summed E-state index contributed by atoms with van der Waals surface area (Å²) in [7, 11) is -3.84. The van der Waals surface area contributed by atoms with Crippen LogP contribution in [0.2, 0.25) is 0 Å². The molecule has 0 aromatic rings. The molecule has 5 nitrogen and oxygen atoms in total. The number of nitrogens with zero attached hydrogens (tertiary/aromatic N) is 1. The first kappa shape index (κ1) is 26.9. The smallest absolute Gasteiger partial charge is 0.265 e. The summed E-state index contributed by atoms with van der Waals surface area (Å²) in [6.07, 6.45) is 19.7. The van der Waals surface area contributed by atoms with Crippen LogP contribution in [0, 0.1) is 0 Å². The number of rotatable bonds is 19. The van der Waals surface area contributed by atoms with Crippen LogP contribution in [-0.2, 0) is 14.9 Å². The Morgan fingerprint density at radius 2 is 1.10 bits per heavy atom. The maximum atomic E-state index is 11.0. The number of unbranched alkanes of at least 4 members (excludes halogenated alkanes) is 13. The maximum Gasteiger partial charge on any atom is 0.265 e. The SMILES string of the molecule is CCCCCCCCCCCCCCCC[N+]1(CCCS(=O)(=O)O)CCOCC1. The molecule has 0 spiro atoms. The second-order valence-electron chi connectivity index (χ2n) is 9.08. The van der Waals surface area contributed by atoms with Gasteiger partial charge in [0.15, 0.2) is 0 Å². The molecule has 0 atom stereocenters. The molecule has 174 valence electrons. The van der Waals surface area contributed by atoms with Gasteiger partial charge in [0.2, 0.25) is 0 Å². The van der Waals surface area contributed by atoms with Gasteiger partial charge in [-0.2, -0.15) is 8.42 Å². The van der Waals surface area contributed by atoms with Gasteiger partial charge in [0, 0.05) is 6.42 Å². The van der Waals surface area contributed by atoms with E-state index in [1.165, 1.54) is 89.9 Å². The third-order valence-corrected chi connectivity index (χ3v) is 7.25. The second-order valence-corrected chi connectivity index (χ2v) is 10.7. The lowest BCUT2D eigenvalue weighted by atomic mass is 10.0. The van der Waals surface area contributed by atoms with Gasteiger partial charge >= 0.3 is 0 Å². The number of quaternary nitrogens is 1. The third-order valence-electron chi connectivity index (χ3n) is 6.44. The summed E-state index contributed by atoms with van der Waals surface area (Å²) in [5, 5.41) is 0. The first-order chi connectivity index (χ1) is 14.0. The van der Waals surface area contributed by atoms with Crippen molar-refractivity contribution in [2.45, 2.75) is 103 Å². The van der Waals surface area contributed by atoms with Crippen molar-refractivity contribution in [3.05, 3.63) is 0 Å². The topological polar surface area (TPSA) is 63.6 Å². The van der Waals surface area contributed by atoms with Gasteiger partial charge in [-0.3, -0.25) is 4.55 Å². The number of ether oxygens (including phenoxy) is 1. The second kappa shape index (κ2) is 16.5. The molecule has 1 aliphatic heterocycles. The van der Waals surface area contributed by atoms with Crippen LogP contribution in [0.3, 0.4) is 0 Å². The van der Waals surface area contributed by atoms with Gasteiger partial charge in [0.05, 0.1) is 32.1 Å². The largest absolute Gasteiger partial charge is 0.370 e. The van der Waals surface area contributed by atoms with Gasteiger partial charge in [-0.1, -0.05) is 84.0 Å². The predicted molar refractivity (Wildman–Crippen MR) is 122 cm³/mol. The molecular weight excluding hydrogens is 386 g/mol. The molecule has 0 aliphatic carbocycles. The van der Waals surface area contributed by atoms with Gasteiger partial charge in [-0.15, -0.1) is 0 Å². The van der Waals surface area contributed by atoms with Crippen molar-refractivity contribution in [2.24, 2.45) is 0 Å². The van der Waals surface area contributed by atoms with E-state index in [2.05, 4.69) is 6.92 Å². The lowest BCUT2D eigenvalue weighted by molar-refractivity contribution is -0.935. The summed E-state index contributed by atoms with van der Waals surface area (Å²) in [5.74, 6) is -0.118. The van der Waals surface area contributed by atoms with Crippen LogP contribution in [0.15, 0.2) is 0 Å². The summed E-state index contributed by atoms with van der Waals surface area (Å²) in [4.78, 5) is 0. The number of hydrogen-bond donors (Lipinski definition) is 1. The fraction of sp³-hybridized carbons (Fsp3) is 1.00. The van der Waals surface area contributed by atoms with E-state index in [1.807, 2.05) is 0 Å². The van der Waals surface area contributed by atoms with Crippen molar-refractivity contribution in [3.63, 3.8) is 0 Å².